The van der Waals surface area contributed by atoms with Crippen molar-refractivity contribution in [3.05, 3.63) is 29.5 Å². The van der Waals surface area contributed by atoms with Crippen LogP contribution in [0.2, 0.25) is 0 Å². The highest BCUT2D eigenvalue weighted by molar-refractivity contribution is 5.99. The van der Waals surface area contributed by atoms with Crippen LogP contribution in [0.4, 0.5) is 0 Å². The summed E-state index contributed by atoms with van der Waals surface area (Å²) in [6.07, 6.45) is 4.88. The molecule has 0 unspecified atom stereocenters. The number of carbonyl (C=O) groups is 1. The van der Waals surface area contributed by atoms with Crippen LogP contribution in [0.15, 0.2) is 18.3 Å². The van der Waals surface area contributed by atoms with Crippen molar-refractivity contribution in [2.75, 3.05) is 0 Å². The van der Waals surface area contributed by atoms with Crippen LogP contribution in [0, 0.1) is 0 Å². The molecule has 4 heteroatoms. The fourth-order valence-electron chi connectivity index (χ4n) is 2.04. The monoisotopic (exact) mass is 229 g/mol. The average molecular weight is 229 g/mol. The van der Waals surface area contributed by atoms with Crippen LogP contribution in [0.3, 0.4) is 0 Å². The molecule has 0 spiro atoms. The van der Waals surface area contributed by atoms with E-state index in [2.05, 4.69) is 22.4 Å². The Hall–Kier alpha value is -1.84. The lowest BCUT2D eigenvalue weighted by Gasteiger charge is -2.06. The summed E-state index contributed by atoms with van der Waals surface area (Å²) in [6.45, 7) is 2.08. The molecule has 1 aliphatic carbocycles. The first kappa shape index (κ1) is 10.3. The minimum Gasteiger partial charge on any atom is -0.349 e. The van der Waals surface area contributed by atoms with E-state index >= 15 is 0 Å². The zero-order valence-corrected chi connectivity index (χ0v) is 9.79. The van der Waals surface area contributed by atoms with E-state index in [-0.39, 0.29) is 5.91 Å². The Morgan fingerprint density at radius 3 is 3.06 bits per heavy atom. The van der Waals surface area contributed by atoms with Gasteiger partial charge in [-0.15, -0.1) is 0 Å². The molecule has 4 nitrogen and oxygen atoms in total. The van der Waals surface area contributed by atoms with E-state index in [0.717, 1.165) is 41.3 Å². The van der Waals surface area contributed by atoms with Crippen molar-refractivity contribution < 1.29 is 4.79 Å². The minimum absolute atomic E-state index is 0.0327. The third kappa shape index (κ3) is 1.90. The van der Waals surface area contributed by atoms with Gasteiger partial charge in [-0.3, -0.25) is 9.89 Å². The predicted octanol–water partition coefficient (Wildman–Crippen LogP) is 2.02. The number of amides is 1. The zero-order chi connectivity index (χ0) is 11.8. The number of aryl methyl sites for hydroxylation is 1. The molecule has 0 bridgehead atoms. The summed E-state index contributed by atoms with van der Waals surface area (Å²) < 4.78 is 0. The molecule has 0 saturated heterocycles. The molecule has 17 heavy (non-hydrogen) atoms. The lowest BCUT2D eigenvalue weighted by molar-refractivity contribution is 0.0951. The van der Waals surface area contributed by atoms with Crippen molar-refractivity contribution in [2.24, 2.45) is 0 Å². The van der Waals surface area contributed by atoms with E-state index in [9.17, 15) is 4.79 Å². The third-order valence-corrected chi connectivity index (χ3v) is 3.19. The molecule has 1 aromatic heterocycles. The van der Waals surface area contributed by atoms with E-state index < -0.39 is 0 Å². The molecule has 1 fully saturated rings. The smallest absolute Gasteiger partial charge is 0.251 e. The van der Waals surface area contributed by atoms with Crippen molar-refractivity contribution in [1.29, 1.82) is 0 Å². The molecule has 88 valence electrons. The highest BCUT2D eigenvalue weighted by atomic mass is 16.1. The van der Waals surface area contributed by atoms with E-state index in [1.807, 2.05) is 12.1 Å². The van der Waals surface area contributed by atoms with E-state index in [1.165, 1.54) is 0 Å². The molecule has 1 aliphatic rings. The fraction of sp³-hybridized carbons (Fsp3) is 0.385. The third-order valence-electron chi connectivity index (χ3n) is 3.19. The fourth-order valence-corrected chi connectivity index (χ4v) is 2.04. The van der Waals surface area contributed by atoms with Crippen LogP contribution in [0.5, 0.6) is 0 Å². The maximum Gasteiger partial charge on any atom is 0.251 e. The molecule has 1 amide bonds. The largest absolute Gasteiger partial charge is 0.349 e. The van der Waals surface area contributed by atoms with Gasteiger partial charge in [-0.25, -0.2) is 0 Å². The molecule has 1 heterocycles. The van der Waals surface area contributed by atoms with E-state index in [4.69, 9.17) is 0 Å². The lowest BCUT2D eigenvalue weighted by atomic mass is 10.0. The summed E-state index contributed by atoms with van der Waals surface area (Å²) in [5.74, 6) is 0.0327. The molecular formula is C13H15N3O. The van der Waals surface area contributed by atoms with Gasteiger partial charge >= 0.3 is 0 Å². The topological polar surface area (TPSA) is 57.8 Å². The second kappa shape index (κ2) is 3.87. The van der Waals surface area contributed by atoms with Gasteiger partial charge in [0.05, 0.1) is 11.7 Å². The van der Waals surface area contributed by atoms with Gasteiger partial charge in [-0.2, -0.15) is 5.10 Å². The van der Waals surface area contributed by atoms with Crippen LogP contribution in [0.1, 0.15) is 35.7 Å². The van der Waals surface area contributed by atoms with Gasteiger partial charge in [0.25, 0.3) is 5.91 Å². The highest BCUT2D eigenvalue weighted by Gasteiger charge is 2.24. The van der Waals surface area contributed by atoms with Gasteiger partial charge in [0.15, 0.2) is 0 Å². The molecule has 0 radical (unpaired) electrons. The van der Waals surface area contributed by atoms with Crippen molar-refractivity contribution in [3.63, 3.8) is 0 Å². The number of rotatable bonds is 3. The molecule has 2 aromatic rings. The molecule has 0 atom stereocenters. The molecular weight excluding hydrogens is 214 g/mol. The Bertz CT molecular complexity index is 569. The Labute approximate surface area is 99.4 Å². The van der Waals surface area contributed by atoms with Crippen LogP contribution >= 0.6 is 0 Å². The van der Waals surface area contributed by atoms with Gasteiger partial charge < -0.3 is 5.32 Å². The van der Waals surface area contributed by atoms with E-state index in [0.29, 0.717) is 6.04 Å². The Morgan fingerprint density at radius 1 is 1.53 bits per heavy atom. The number of aromatic amines is 1. The number of nitrogens with one attached hydrogen (secondary N) is 2. The number of H-pyrrole nitrogens is 1. The first-order valence-corrected chi connectivity index (χ1v) is 6.05. The van der Waals surface area contributed by atoms with Crippen LogP contribution < -0.4 is 5.32 Å². The number of carbonyl (C=O) groups excluding carboxylic acids is 1. The highest BCUT2D eigenvalue weighted by Crippen LogP contribution is 2.22. The summed E-state index contributed by atoms with van der Waals surface area (Å²) in [5, 5.41) is 11.0. The van der Waals surface area contributed by atoms with Gasteiger partial charge in [0.1, 0.15) is 0 Å². The molecule has 3 rings (SSSR count). The van der Waals surface area contributed by atoms with Gasteiger partial charge in [-0.1, -0.05) is 6.92 Å². The summed E-state index contributed by atoms with van der Waals surface area (Å²) in [7, 11) is 0. The Balaban J connectivity index is 2.00. The number of nitrogens with zero attached hydrogens (tertiary/aromatic N) is 1. The molecule has 1 aromatic carbocycles. The van der Waals surface area contributed by atoms with Crippen molar-refractivity contribution in [2.45, 2.75) is 32.2 Å². The van der Waals surface area contributed by atoms with Crippen molar-refractivity contribution in [3.8, 4) is 0 Å². The molecule has 1 saturated carbocycles. The first-order chi connectivity index (χ1) is 8.28. The van der Waals surface area contributed by atoms with Crippen LogP contribution in [-0.2, 0) is 6.42 Å². The van der Waals surface area contributed by atoms with Gasteiger partial charge in [0.2, 0.25) is 0 Å². The quantitative estimate of drug-likeness (QED) is 0.846. The summed E-state index contributed by atoms with van der Waals surface area (Å²) >= 11 is 0. The number of hydrogen-bond donors (Lipinski definition) is 2. The number of hydrogen-bond acceptors (Lipinski definition) is 2. The summed E-state index contributed by atoms with van der Waals surface area (Å²) in [5.41, 5.74) is 2.92. The van der Waals surface area contributed by atoms with Gasteiger partial charge in [0, 0.05) is 17.0 Å². The van der Waals surface area contributed by atoms with Crippen molar-refractivity contribution in [1.82, 2.24) is 15.5 Å². The minimum atomic E-state index is 0.0327. The number of aromatic nitrogens is 2. The zero-order valence-electron chi connectivity index (χ0n) is 9.79. The number of benzene rings is 1. The second-order valence-corrected chi connectivity index (χ2v) is 4.57. The Morgan fingerprint density at radius 2 is 2.35 bits per heavy atom. The maximum atomic E-state index is 12.0. The van der Waals surface area contributed by atoms with Crippen LogP contribution in [0.25, 0.3) is 10.9 Å². The second-order valence-electron chi connectivity index (χ2n) is 4.57. The predicted molar refractivity (Wildman–Crippen MR) is 66.0 cm³/mol. The normalized spacial score (nSPS) is 15.1. The summed E-state index contributed by atoms with van der Waals surface area (Å²) in [6, 6.07) is 4.25. The maximum absolute atomic E-state index is 12.0. The standard InChI is InChI=1S/C13H15N3O/c1-2-8-5-9(13(17)15-11-3-4-11)6-10-7-14-16-12(8)10/h5-7,11H,2-4H2,1H3,(H,14,16)(H,15,17). The van der Waals surface area contributed by atoms with Crippen LogP contribution in [-0.4, -0.2) is 22.1 Å². The van der Waals surface area contributed by atoms with Crippen molar-refractivity contribution >= 4 is 16.8 Å². The lowest BCUT2D eigenvalue weighted by Crippen LogP contribution is -2.25. The average Bonchev–Trinajstić information content (AvgIpc) is 3.02. The Kier molecular flexibility index (Phi) is 2.35. The molecule has 0 aliphatic heterocycles. The first-order valence-electron chi connectivity index (χ1n) is 6.05. The van der Waals surface area contributed by atoms with E-state index in [1.54, 1.807) is 6.20 Å². The molecule has 2 N–H and O–H groups in total. The number of fused-ring (bicyclic) bond motifs is 1. The van der Waals surface area contributed by atoms with Gasteiger partial charge in [-0.05, 0) is 37.0 Å². The summed E-state index contributed by atoms with van der Waals surface area (Å²) in [4.78, 5) is 12.0. The SMILES string of the molecule is CCc1cc(C(=O)NC2CC2)cc2cn[nH]c12.